The average molecular weight is 191 g/mol. The van der Waals surface area contributed by atoms with Gasteiger partial charge in [0.05, 0.1) is 0 Å². The van der Waals surface area contributed by atoms with E-state index in [0.717, 1.165) is 11.3 Å². The van der Waals surface area contributed by atoms with Gasteiger partial charge in [0.25, 0.3) is 0 Å². The molecule has 1 aromatic carbocycles. The van der Waals surface area contributed by atoms with Crippen molar-refractivity contribution in [2.24, 2.45) is 10.2 Å². The van der Waals surface area contributed by atoms with E-state index in [2.05, 4.69) is 10.2 Å². The molecule has 0 saturated heterocycles. The van der Waals surface area contributed by atoms with Gasteiger partial charge in [-0.25, -0.2) is 0 Å². The van der Waals surface area contributed by atoms with E-state index in [-0.39, 0.29) is 0 Å². The predicted octanol–water partition coefficient (Wildman–Crippen LogP) is 2.38. The number of hydrogen-bond donors (Lipinski definition) is 0. The van der Waals surface area contributed by atoms with E-state index in [9.17, 15) is 0 Å². The molecule has 0 saturated carbocycles. The van der Waals surface area contributed by atoms with Crippen molar-refractivity contribution in [3.05, 3.63) is 35.9 Å². The van der Waals surface area contributed by atoms with E-state index in [1.165, 1.54) is 0 Å². The van der Waals surface area contributed by atoms with Gasteiger partial charge in [0.2, 0.25) is 0 Å². The fraction of sp³-hybridized carbons (Fsp3) is 0.200. The minimum Gasteiger partial charge on any atom is -0.758 e. The van der Waals surface area contributed by atoms with Gasteiger partial charge in [0.15, 0.2) is 0 Å². The summed E-state index contributed by atoms with van der Waals surface area (Å²) in [5, 5.41) is 8.34. The van der Waals surface area contributed by atoms with Gasteiger partial charge < -0.3 is 12.6 Å². The van der Waals surface area contributed by atoms with Crippen LogP contribution in [0, 0.1) is 0 Å². The van der Waals surface area contributed by atoms with Crippen LogP contribution in [-0.2, 0) is 12.6 Å². The van der Waals surface area contributed by atoms with Crippen LogP contribution >= 0.6 is 0 Å². The molecule has 0 aliphatic heterocycles. The SMILES string of the molecule is CC(C)=N/N=C(\[S-])c1ccccc1. The predicted molar refractivity (Wildman–Crippen MR) is 59.1 cm³/mol. The van der Waals surface area contributed by atoms with E-state index in [4.69, 9.17) is 12.6 Å². The Morgan fingerprint density at radius 3 is 2.23 bits per heavy atom. The first-order valence-electron chi connectivity index (χ1n) is 4.01. The minimum atomic E-state index is 0.529. The smallest absolute Gasteiger partial charge is 0.0343 e. The zero-order valence-corrected chi connectivity index (χ0v) is 8.51. The molecule has 0 atom stereocenters. The molecule has 1 aromatic rings. The van der Waals surface area contributed by atoms with E-state index in [1.54, 1.807) is 0 Å². The zero-order chi connectivity index (χ0) is 9.68. The van der Waals surface area contributed by atoms with Gasteiger partial charge in [-0.15, -0.1) is 0 Å². The van der Waals surface area contributed by atoms with Crippen molar-refractivity contribution >= 4 is 23.4 Å². The summed E-state index contributed by atoms with van der Waals surface area (Å²) in [6.07, 6.45) is 0. The molecule has 0 amide bonds. The second kappa shape index (κ2) is 4.72. The molecular formula is C10H11N2S-. The van der Waals surface area contributed by atoms with Crippen LogP contribution in [0.5, 0.6) is 0 Å². The fourth-order valence-electron chi connectivity index (χ4n) is 0.784. The third kappa shape index (κ3) is 3.34. The lowest BCUT2D eigenvalue weighted by Gasteiger charge is -2.07. The molecule has 0 N–H and O–H groups in total. The van der Waals surface area contributed by atoms with E-state index in [1.807, 2.05) is 44.2 Å². The average Bonchev–Trinajstić information content (AvgIpc) is 2.15. The Morgan fingerprint density at radius 2 is 1.69 bits per heavy atom. The fourth-order valence-corrected chi connectivity index (χ4v) is 0.961. The minimum absolute atomic E-state index is 0.529. The summed E-state index contributed by atoms with van der Waals surface area (Å²) in [4.78, 5) is 0. The first-order chi connectivity index (χ1) is 6.20. The van der Waals surface area contributed by atoms with Crippen molar-refractivity contribution in [1.82, 2.24) is 0 Å². The standard InChI is InChI=1S/C10H12N2S/c1-8(2)11-12-10(13)9-6-4-3-5-7-9/h3-7H,1-2H3,(H,12,13)/p-1. The summed E-state index contributed by atoms with van der Waals surface area (Å²) in [7, 11) is 0. The number of rotatable bonds is 2. The Bertz CT molecular complexity index is 324. The number of hydrogen-bond acceptors (Lipinski definition) is 3. The molecule has 2 nitrogen and oxygen atoms in total. The number of nitrogens with zero attached hydrogens (tertiary/aromatic N) is 2. The second-order valence-corrected chi connectivity index (χ2v) is 3.21. The zero-order valence-electron chi connectivity index (χ0n) is 7.69. The van der Waals surface area contributed by atoms with Crippen LogP contribution in [0.25, 0.3) is 0 Å². The lowest BCUT2D eigenvalue weighted by atomic mass is 10.2. The molecule has 0 spiro atoms. The van der Waals surface area contributed by atoms with Gasteiger partial charge in [0, 0.05) is 5.71 Å². The highest BCUT2D eigenvalue weighted by Crippen LogP contribution is 2.00. The molecule has 0 aliphatic rings. The summed E-state index contributed by atoms with van der Waals surface area (Å²) in [5.41, 5.74) is 1.83. The highest BCUT2D eigenvalue weighted by molar-refractivity contribution is 7.78. The topological polar surface area (TPSA) is 24.7 Å². The van der Waals surface area contributed by atoms with Gasteiger partial charge in [-0.2, -0.15) is 10.2 Å². The van der Waals surface area contributed by atoms with Crippen LogP contribution in [-0.4, -0.2) is 10.8 Å². The normalized spacial score (nSPS) is 11.1. The molecule has 13 heavy (non-hydrogen) atoms. The highest BCUT2D eigenvalue weighted by Gasteiger charge is 1.86. The van der Waals surface area contributed by atoms with Gasteiger partial charge in [-0.05, 0) is 19.4 Å². The van der Waals surface area contributed by atoms with Crippen molar-refractivity contribution in [3.8, 4) is 0 Å². The third-order valence-corrected chi connectivity index (χ3v) is 1.68. The van der Waals surface area contributed by atoms with Crippen LogP contribution in [0.1, 0.15) is 19.4 Å². The molecule has 3 heteroatoms. The summed E-state index contributed by atoms with van der Waals surface area (Å²) in [5.74, 6) is 0. The van der Waals surface area contributed by atoms with E-state index < -0.39 is 0 Å². The third-order valence-electron chi connectivity index (χ3n) is 1.36. The number of benzene rings is 1. The van der Waals surface area contributed by atoms with Crippen molar-refractivity contribution in [2.45, 2.75) is 13.8 Å². The first kappa shape index (κ1) is 9.86. The van der Waals surface area contributed by atoms with Gasteiger partial charge >= 0.3 is 0 Å². The first-order valence-corrected chi connectivity index (χ1v) is 4.42. The Balaban J connectivity index is 2.86. The summed E-state index contributed by atoms with van der Waals surface area (Å²) >= 11 is 5.07. The largest absolute Gasteiger partial charge is 0.758 e. The molecule has 68 valence electrons. The maximum Gasteiger partial charge on any atom is 0.0343 e. The Kier molecular flexibility index (Phi) is 3.58. The summed E-state index contributed by atoms with van der Waals surface area (Å²) < 4.78 is 0. The molecule has 0 radical (unpaired) electrons. The van der Waals surface area contributed by atoms with Crippen molar-refractivity contribution in [3.63, 3.8) is 0 Å². The lowest BCUT2D eigenvalue weighted by Crippen LogP contribution is -1.94. The Labute approximate surface area is 83.8 Å². The maximum absolute atomic E-state index is 5.07. The van der Waals surface area contributed by atoms with Crippen LogP contribution in [0.15, 0.2) is 40.5 Å². The van der Waals surface area contributed by atoms with Crippen LogP contribution in [0.4, 0.5) is 0 Å². The maximum atomic E-state index is 5.07. The van der Waals surface area contributed by atoms with Gasteiger partial charge in [-0.1, -0.05) is 35.4 Å². The molecule has 0 aromatic heterocycles. The van der Waals surface area contributed by atoms with Crippen LogP contribution < -0.4 is 0 Å². The van der Waals surface area contributed by atoms with E-state index in [0.29, 0.717) is 5.04 Å². The molecule has 1 rings (SSSR count). The Hall–Kier alpha value is -1.22. The molecule has 0 bridgehead atoms. The van der Waals surface area contributed by atoms with Gasteiger partial charge in [0.1, 0.15) is 0 Å². The van der Waals surface area contributed by atoms with Crippen LogP contribution in [0.3, 0.4) is 0 Å². The molecular weight excluding hydrogens is 180 g/mol. The second-order valence-electron chi connectivity index (χ2n) is 2.82. The highest BCUT2D eigenvalue weighted by atomic mass is 32.1. The summed E-state index contributed by atoms with van der Waals surface area (Å²) in [6, 6.07) is 9.65. The van der Waals surface area contributed by atoms with Crippen LogP contribution in [0.2, 0.25) is 0 Å². The van der Waals surface area contributed by atoms with Crippen molar-refractivity contribution in [1.29, 1.82) is 0 Å². The monoisotopic (exact) mass is 191 g/mol. The lowest BCUT2D eigenvalue weighted by molar-refractivity contribution is 1.23. The molecule has 0 unspecified atom stereocenters. The molecule has 0 heterocycles. The van der Waals surface area contributed by atoms with Crippen molar-refractivity contribution < 1.29 is 0 Å². The quantitative estimate of drug-likeness (QED) is 0.305. The molecule has 0 aliphatic carbocycles. The molecule has 0 fully saturated rings. The van der Waals surface area contributed by atoms with E-state index >= 15 is 0 Å². The Morgan fingerprint density at radius 1 is 1.08 bits per heavy atom. The van der Waals surface area contributed by atoms with Crippen molar-refractivity contribution in [2.75, 3.05) is 0 Å². The van der Waals surface area contributed by atoms with Gasteiger partial charge in [-0.3, -0.25) is 0 Å². The summed E-state index contributed by atoms with van der Waals surface area (Å²) in [6.45, 7) is 3.77.